The van der Waals surface area contributed by atoms with Gasteiger partial charge in [-0.2, -0.15) is 0 Å². The lowest BCUT2D eigenvalue weighted by molar-refractivity contribution is -0.182. The molecule has 1 spiro atoms. The standard InChI is InChI=1S/C78H92O6/c1-48(49(2)54-14-7-6-8-15-54)19-33-63(72(82)83)71-68(80)47-77(57-28-24-52(25-29-57)41-51-22-20-50(21-23-51)36-40-84-5)67-46-76-38-12-37-74(3)69(81)44-58-30-34-62-60-17-9-10-18-61(60)64(43-53-13-11-16-56(42-53)55-26-31-59(79)32-27-55)65(45-76)70(62)78(58,73(74)76)66(67)35-39-75(71,77)4/h9-13,16-18,20-23,26-27,30-32,34,38,42,45,49,52,54,57-58,63,68-71,73,79-81H,1,6-8,14-15,19,24-25,28-29,33,35-37,39-41,43-44,46-47H2,2-5H3,(H,82,83)/t49-,52?,57?,58-,63-,68-,69+,70-,71+,73-,74-,75-,76-,77-,78-/m1/s1. The number of ether oxygens (including phenoxy) is 1. The van der Waals surface area contributed by atoms with Gasteiger partial charge < -0.3 is 25.2 Å². The van der Waals surface area contributed by atoms with E-state index in [4.69, 9.17) is 11.3 Å². The monoisotopic (exact) mass is 1120 g/mol. The van der Waals surface area contributed by atoms with Gasteiger partial charge in [0.25, 0.3) is 0 Å². The molecule has 440 valence electrons. The summed E-state index contributed by atoms with van der Waals surface area (Å²) in [7, 11) is 1.77. The molecule has 0 amide bonds. The van der Waals surface area contributed by atoms with E-state index in [1.165, 1.54) is 81.5 Å². The third-order valence-electron chi connectivity index (χ3n) is 25.7. The van der Waals surface area contributed by atoms with Crippen LogP contribution in [0, 0.1) is 80.3 Å². The zero-order valence-corrected chi connectivity index (χ0v) is 50.6. The van der Waals surface area contributed by atoms with Crippen molar-refractivity contribution in [3.63, 3.8) is 0 Å². The second-order valence-electron chi connectivity index (χ2n) is 29.4. The fourth-order valence-electron chi connectivity index (χ4n) is 22.0. The summed E-state index contributed by atoms with van der Waals surface area (Å²) in [5.41, 5.74) is 12.9. The highest BCUT2D eigenvalue weighted by Gasteiger charge is 2.78. The maximum Gasteiger partial charge on any atom is 0.306 e. The Kier molecular flexibility index (Phi) is 14.3. The molecule has 6 heteroatoms. The Morgan fingerprint density at radius 3 is 2.33 bits per heavy atom. The number of aliphatic carboxylic acids is 1. The number of hydrogen-bond acceptors (Lipinski definition) is 5. The smallest absolute Gasteiger partial charge is 0.306 e. The van der Waals surface area contributed by atoms with Gasteiger partial charge in [0.2, 0.25) is 0 Å². The van der Waals surface area contributed by atoms with E-state index in [0.29, 0.717) is 49.4 Å². The lowest BCUT2D eigenvalue weighted by Gasteiger charge is -2.75. The summed E-state index contributed by atoms with van der Waals surface area (Å²) in [5, 5.41) is 51.0. The van der Waals surface area contributed by atoms with E-state index < -0.39 is 40.3 Å². The number of aliphatic hydroxyl groups is 2. The van der Waals surface area contributed by atoms with Crippen LogP contribution in [0.4, 0.5) is 0 Å². The minimum absolute atomic E-state index is 0.0727. The normalized spacial score (nSPS) is 36.0. The molecule has 4 aromatic rings. The van der Waals surface area contributed by atoms with Gasteiger partial charge in [-0.3, -0.25) is 4.79 Å². The molecule has 0 radical (unpaired) electrons. The Morgan fingerprint density at radius 2 is 1.58 bits per heavy atom. The van der Waals surface area contributed by atoms with Gasteiger partial charge >= 0.3 is 5.97 Å². The number of phenols is 1. The molecule has 84 heavy (non-hydrogen) atoms. The van der Waals surface area contributed by atoms with Crippen molar-refractivity contribution in [3.8, 4) is 16.9 Å². The van der Waals surface area contributed by atoms with Crippen molar-refractivity contribution >= 4 is 17.1 Å². The summed E-state index contributed by atoms with van der Waals surface area (Å²) in [6, 6.07) is 35.0. The summed E-state index contributed by atoms with van der Waals surface area (Å²) in [4.78, 5) is 14.3. The number of rotatable bonds is 16. The van der Waals surface area contributed by atoms with Crippen LogP contribution in [0.1, 0.15) is 147 Å². The molecule has 4 saturated carbocycles. The number of carboxylic acids is 1. The molecule has 10 aliphatic rings. The highest BCUT2D eigenvalue weighted by Crippen LogP contribution is 2.84. The van der Waals surface area contributed by atoms with Crippen LogP contribution in [0.2, 0.25) is 0 Å². The number of methoxy groups -OCH3 is 1. The number of allylic oxidation sites excluding steroid dienone is 9. The fraction of sp³-hybridized carbons (Fsp3) is 0.526. The SMILES string of the molecule is C=C(CC[C@@H](C(=O)O)[C@H]1[C@H](O)C[C@@]2(C3CCC(Cc4ccc(CCOC)cc4)CC3)C3=C(CC[C@]12C)[C@@]12[C@H]4C5=C[C@]6(C=CC[C@](C)([C@@H](O)C[C@H]1C=CC4=c1ccccc1=C5Cc1cccc(-c4ccc(O)cc4)c1)[C@H]62)C3)[C@@H](C)C1CCCCC1. The van der Waals surface area contributed by atoms with E-state index >= 15 is 0 Å². The number of aromatic hydroxyl groups is 1. The van der Waals surface area contributed by atoms with Crippen LogP contribution in [0.25, 0.3) is 22.3 Å². The van der Waals surface area contributed by atoms with Gasteiger partial charge in [0.05, 0.1) is 24.7 Å². The first-order valence-corrected chi connectivity index (χ1v) is 33.0. The average molecular weight is 1130 g/mol. The van der Waals surface area contributed by atoms with Crippen molar-refractivity contribution in [2.75, 3.05) is 13.7 Å². The zero-order chi connectivity index (χ0) is 57.9. The third kappa shape index (κ3) is 8.57. The Morgan fingerprint density at radius 1 is 0.833 bits per heavy atom. The summed E-state index contributed by atoms with van der Waals surface area (Å²) >= 11 is 0. The summed E-state index contributed by atoms with van der Waals surface area (Å²) in [6.07, 6.45) is 31.2. The number of phenolic OH excluding ortho intramolecular Hbond substituents is 1. The van der Waals surface area contributed by atoms with Crippen LogP contribution < -0.4 is 10.4 Å². The molecular formula is C78H92O6. The number of hydrogen-bond donors (Lipinski definition) is 4. The maximum atomic E-state index is 14.3. The second-order valence-corrected chi connectivity index (χ2v) is 29.4. The molecule has 0 saturated heterocycles. The number of fused-ring (bicyclic) bond motifs is 3. The molecule has 0 heterocycles. The largest absolute Gasteiger partial charge is 0.508 e. The molecule has 10 aliphatic carbocycles. The van der Waals surface area contributed by atoms with Crippen LogP contribution in [0.15, 0.2) is 156 Å². The minimum Gasteiger partial charge on any atom is -0.508 e. The number of carboxylic acid groups (broad SMARTS) is 1. The van der Waals surface area contributed by atoms with Crippen LogP contribution in [0.3, 0.4) is 0 Å². The summed E-state index contributed by atoms with van der Waals surface area (Å²) in [6.45, 7) is 12.7. The molecule has 4 N–H and O–H groups in total. The van der Waals surface area contributed by atoms with E-state index in [0.717, 1.165) is 88.4 Å². The van der Waals surface area contributed by atoms with Gasteiger partial charge in [-0.05, 0) is 217 Å². The van der Waals surface area contributed by atoms with E-state index in [2.05, 4.69) is 124 Å². The van der Waals surface area contributed by atoms with Crippen molar-refractivity contribution in [3.05, 3.63) is 183 Å². The lowest BCUT2D eigenvalue weighted by Crippen LogP contribution is -2.71. The predicted molar refractivity (Wildman–Crippen MR) is 337 cm³/mol. The van der Waals surface area contributed by atoms with Crippen LogP contribution in [-0.4, -0.2) is 52.3 Å². The Bertz CT molecular complexity index is 3490. The molecule has 6 nitrogen and oxygen atoms in total. The molecule has 14 rings (SSSR count). The van der Waals surface area contributed by atoms with Gasteiger partial charge in [-0.25, -0.2) is 0 Å². The van der Waals surface area contributed by atoms with E-state index in [9.17, 15) is 25.2 Å². The molecule has 4 fully saturated rings. The highest BCUT2D eigenvalue weighted by molar-refractivity contribution is 5.84. The lowest BCUT2D eigenvalue weighted by atomic mass is 9.28. The molecule has 0 aromatic heterocycles. The molecule has 13 atom stereocenters. The first kappa shape index (κ1) is 56.3. The number of carbonyl (C=O) groups is 1. The quantitative estimate of drug-likeness (QED) is 0.0833. The van der Waals surface area contributed by atoms with E-state index in [1.54, 1.807) is 30.4 Å². The third-order valence-corrected chi connectivity index (χ3v) is 25.7. The number of aliphatic hydroxyl groups excluding tert-OH is 2. The first-order valence-electron chi connectivity index (χ1n) is 33.0. The van der Waals surface area contributed by atoms with Crippen molar-refractivity contribution in [2.24, 2.45) is 80.3 Å². The van der Waals surface area contributed by atoms with Crippen molar-refractivity contribution in [2.45, 2.75) is 161 Å². The first-order chi connectivity index (χ1) is 40.6. The highest BCUT2D eigenvalue weighted by atomic mass is 16.5. The summed E-state index contributed by atoms with van der Waals surface area (Å²) < 4.78 is 5.40. The van der Waals surface area contributed by atoms with Gasteiger partial charge in [0, 0.05) is 40.6 Å². The topological polar surface area (TPSA) is 107 Å². The molecular weight excluding hydrogens is 1030 g/mol. The predicted octanol–water partition coefficient (Wildman–Crippen LogP) is 15.0. The summed E-state index contributed by atoms with van der Waals surface area (Å²) in [5.74, 6) is 0.621. The van der Waals surface area contributed by atoms with Crippen LogP contribution >= 0.6 is 0 Å². The Balaban J connectivity index is 0.918. The Labute approximate surface area is 500 Å². The Hall–Kier alpha value is -5.53. The van der Waals surface area contributed by atoms with E-state index in [1.807, 2.05) is 12.1 Å². The second kappa shape index (κ2) is 21.4. The fourth-order valence-corrected chi connectivity index (χ4v) is 22.0. The van der Waals surface area contributed by atoms with Gasteiger partial charge in [-0.15, -0.1) is 0 Å². The molecule has 0 aliphatic heterocycles. The molecule has 2 bridgehead atoms. The van der Waals surface area contributed by atoms with Crippen LogP contribution in [0.5, 0.6) is 5.75 Å². The molecule has 0 unspecified atom stereocenters. The van der Waals surface area contributed by atoms with Gasteiger partial charge in [0.1, 0.15) is 5.75 Å². The van der Waals surface area contributed by atoms with Crippen molar-refractivity contribution in [1.29, 1.82) is 0 Å². The van der Waals surface area contributed by atoms with Gasteiger partial charge in [-0.1, -0.05) is 179 Å². The van der Waals surface area contributed by atoms with Crippen molar-refractivity contribution < 1.29 is 30.0 Å². The molecule has 4 aromatic carbocycles. The maximum absolute atomic E-state index is 14.3. The van der Waals surface area contributed by atoms with Crippen LogP contribution in [-0.2, 0) is 28.8 Å². The number of benzene rings is 4. The average Bonchev–Trinajstić information content (AvgIpc) is 0.859. The van der Waals surface area contributed by atoms with Gasteiger partial charge in [0.15, 0.2) is 0 Å². The van der Waals surface area contributed by atoms with E-state index in [-0.39, 0.29) is 40.3 Å². The zero-order valence-electron chi connectivity index (χ0n) is 50.6. The van der Waals surface area contributed by atoms with Crippen molar-refractivity contribution in [1.82, 2.24) is 0 Å². The minimum atomic E-state index is -0.750.